The van der Waals surface area contributed by atoms with Gasteiger partial charge in [-0.2, -0.15) is 0 Å². The van der Waals surface area contributed by atoms with Crippen molar-refractivity contribution in [3.05, 3.63) is 11.6 Å². The first kappa shape index (κ1) is 7.61. The second-order valence-corrected chi connectivity index (χ2v) is 2.92. The molecule has 0 aromatic rings. The molecule has 0 radical (unpaired) electrons. The third-order valence-electron chi connectivity index (χ3n) is 1.45. The van der Waals surface area contributed by atoms with E-state index in [9.17, 15) is 4.79 Å². The van der Waals surface area contributed by atoms with E-state index in [0.717, 1.165) is 6.42 Å². The third-order valence-corrected chi connectivity index (χ3v) is 1.73. The lowest BCUT2D eigenvalue weighted by Crippen LogP contribution is -2.02. The van der Waals surface area contributed by atoms with E-state index in [-0.39, 0.29) is 18.0 Å². The molecule has 0 aliphatic heterocycles. The molecule has 10 heavy (non-hydrogen) atoms. The molecule has 0 spiro atoms. The maximum Gasteiger partial charge on any atom is 0.302 e. The van der Waals surface area contributed by atoms with E-state index in [1.54, 1.807) is 0 Å². The molecular formula is C7H9ClO2. The standard InChI is InChI=1S/C7H9ClO2/c1-4(8)6-3-7(6)10-5(2)9/h6-7H,1,3H2,2H3/t6-,7+/m1/s1. The molecule has 2 atom stereocenters. The summed E-state index contributed by atoms with van der Waals surface area (Å²) in [6.07, 6.45) is 0.838. The predicted octanol–water partition coefficient (Wildman–Crippen LogP) is 1.69. The molecule has 0 saturated heterocycles. The fraction of sp³-hybridized carbons (Fsp3) is 0.571. The van der Waals surface area contributed by atoms with Gasteiger partial charge in [-0.25, -0.2) is 0 Å². The molecule has 1 fully saturated rings. The van der Waals surface area contributed by atoms with Gasteiger partial charge in [0.2, 0.25) is 0 Å². The van der Waals surface area contributed by atoms with Crippen LogP contribution in [0.15, 0.2) is 11.6 Å². The highest BCUT2D eigenvalue weighted by atomic mass is 35.5. The zero-order valence-corrected chi connectivity index (χ0v) is 6.52. The molecule has 0 N–H and O–H groups in total. The highest BCUT2D eigenvalue weighted by Gasteiger charge is 2.41. The lowest BCUT2D eigenvalue weighted by molar-refractivity contribution is -0.142. The van der Waals surface area contributed by atoms with E-state index in [1.807, 2.05) is 0 Å². The summed E-state index contributed by atoms with van der Waals surface area (Å²) in [5, 5.41) is 0.589. The van der Waals surface area contributed by atoms with Crippen LogP contribution in [0.4, 0.5) is 0 Å². The monoisotopic (exact) mass is 160 g/mol. The van der Waals surface area contributed by atoms with Gasteiger partial charge in [-0.1, -0.05) is 18.2 Å². The van der Waals surface area contributed by atoms with Gasteiger partial charge in [-0.05, 0) is 6.42 Å². The molecule has 1 rings (SSSR count). The van der Waals surface area contributed by atoms with Crippen LogP contribution in [0.2, 0.25) is 0 Å². The fourth-order valence-electron chi connectivity index (χ4n) is 0.845. The van der Waals surface area contributed by atoms with Gasteiger partial charge in [0.05, 0.1) is 0 Å². The average Bonchev–Trinajstić information content (AvgIpc) is 2.43. The van der Waals surface area contributed by atoms with Gasteiger partial charge in [0, 0.05) is 17.9 Å². The predicted molar refractivity (Wildman–Crippen MR) is 38.7 cm³/mol. The van der Waals surface area contributed by atoms with Crippen molar-refractivity contribution in [2.75, 3.05) is 0 Å². The number of hydrogen-bond acceptors (Lipinski definition) is 2. The molecule has 1 aliphatic rings. The number of esters is 1. The second kappa shape index (κ2) is 2.62. The van der Waals surface area contributed by atoms with Crippen LogP contribution in [0.5, 0.6) is 0 Å². The quantitative estimate of drug-likeness (QED) is 0.575. The van der Waals surface area contributed by atoms with Crippen molar-refractivity contribution in [1.29, 1.82) is 0 Å². The Labute approximate surface area is 64.8 Å². The number of carbonyl (C=O) groups excluding carboxylic acids is 1. The molecule has 0 unspecified atom stereocenters. The molecule has 0 bridgehead atoms. The first-order valence-corrected chi connectivity index (χ1v) is 3.50. The van der Waals surface area contributed by atoms with Gasteiger partial charge in [0.1, 0.15) is 6.10 Å². The summed E-state index contributed by atoms with van der Waals surface area (Å²) in [7, 11) is 0. The van der Waals surface area contributed by atoms with E-state index < -0.39 is 0 Å². The van der Waals surface area contributed by atoms with Crippen molar-refractivity contribution in [2.45, 2.75) is 19.4 Å². The first-order chi connectivity index (χ1) is 4.61. The maximum absolute atomic E-state index is 10.4. The summed E-state index contributed by atoms with van der Waals surface area (Å²) in [4.78, 5) is 10.4. The van der Waals surface area contributed by atoms with Crippen LogP contribution < -0.4 is 0 Å². The maximum atomic E-state index is 10.4. The Kier molecular flexibility index (Phi) is 2.00. The van der Waals surface area contributed by atoms with Crippen LogP contribution >= 0.6 is 11.6 Å². The summed E-state index contributed by atoms with van der Waals surface area (Å²) in [5.41, 5.74) is 0. The molecule has 0 aromatic carbocycles. The van der Waals surface area contributed by atoms with Crippen molar-refractivity contribution in [3.8, 4) is 0 Å². The zero-order valence-electron chi connectivity index (χ0n) is 5.76. The van der Waals surface area contributed by atoms with Crippen LogP contribution in [0, 0.1) is 5.92 Å². The summed E-state index contributed by atoms with van der Waals surface area (Å²) in [5.74, 6) is -0.0454. The van der Waals surface area contributed by atoms with Crippen LogP contribution in [0.25, 0.3) is 0 Å². The number of hydrogen-bond donors (Lipinski definition) is 0. The minimum absolute atomic E-state index is 0.00231. The molecule has 0 aromatic heterocycles. The Hall–Kier alpha value is -0.500. The second-order valence-electron chi connectivity index (χ2n) is 2.44. The molecular weight excluding hydrogens is 152 g/mol. The zero-order chi connectivity index (χ0) is 7.72. The highest BCUT2D eigenvalue weighted by Crippen LogP contribution is 2.40. The van der Waals surface area contributed by atoms with Crippen LogP contribution in [-0.2, 0) is 9.53 Å². The average molecular weight is 161 g/mol. The minimum atomic E-state index is -0.245. The Morgan fingerprint density at radius 2 is 2.40 bits per heavy atom. The van der Waals surface area contributed by atoms with E-state index in [4.69, 9.17) is 16.3 Å². The molecule has 1 saturated carbocycles. The van der Waals surface area contributed by atoms with Gasteiger partial charge in [-0.3, -0.25) is 4.79 Å². The van der Waals surface area contributed by atoms with Crippen LogP contribution in [-0.4, -0.2) is 12.1 Å². The van der Waals surface area contributed by atoms with Gasteiger partial charge in [0.15, 0.2) is 0 Å². The Balaban J connectivity index is 2.26. The first-order valence-electron chi connectivity index (χ1n) is 3.12. The molecule has 0 amide bonds. The summed E-state index contributed by atoms with van der Waals surface area (Å²) in [6.45, 7) is 4.94. The van der Waals surface area contributed by atoms with E-state index in [2.05, 4.69) is 6.58 Å². The SMILES string of the molecule is C=C(Cl)[C@H]1C[C@@H]1OC(C)=O. The van der Waals surface area contributed by atoms with Crippen molar-refractivity contribution in [3.63, 3.8) is 0 Å². The molecule has 2 nitrogen and oxygen atoms in total. The molecule has 56 valence electrons. The van der Waals surface area contributed by atoms with Gasteiger partial charge in [0.25, 0.3) is 0 Å². The normalized spacial score (nSPS) is 29.4. The fourth-order valence-corrected chi connectivity index (χ4v) is 1.07. The Bertz CT molecular complexity index is 176. The lowest BCUT2D eigenvalue weighted by Gasteiger charge is -1.97. The molecule has 3 heteroatoms. The molecule has 0 heterocycles. The number of halogens is 1. The van der Waals surface area contributed by atoms with Gasteiger partial charge in [-0.15, -0.1) is 0 Å². The van der Waals surface area contributed by atoms with E-state index in [0.29, 0.717) is 5.03 Å². The minimum Gasteiger partial charge on any atom is -0.462 e. The van der Waals surface area contributed by atoms with E-state index in [1.165, 1.54) is 6.92 Å². The van der Waals surface area contributed by atoms with Gasteiger partial charge >= 0.3 is 5.97 Å². The topological polar surface area (TPSA) is 26.3 Å². The van der Waals surface area contributed by atoms with E-state index >= 15 is 0 Å². The number of ether oxygens (including phenoxy) is 1. The highest BCUT2D eigenvalue weighted by molar-refractivity contribution is 6.29. The van der Waals surface area contributed by atoms with Gasteiger partial charge < -0.3 is 4.74 Å². The smallest absolute Gasteiger partial charge is 0.302 e. The third kappa shape index (κ3) is 1.74. The molecule has 1 aliphatic carbocycles. The summed E-state index contributed by atoms with van der Waals surface area (Å²) < 4.78 is 4.85. The Morgan fingerprint density at radius 3 is 2.70 bits per heavy atom. The number of carbonyl (C=O) groups is 1. The summed E-state index contributed by atoms with van der Waals surface area (Å²) in [6, 6.07) is 0. The number of rotatable bonds is 2. The van der Waals surface area contributed by atoms with Crippen LogP contribution in [0.1, 0.15) is 13.3 Å². The van der Waals surface area contributed by atoms with Crippen LogP contribution in [0.3, 0.4) is 0 Å². The Morgan fingerprint density at radius 1 is 1.80 bits per heavy atom. The van der Waals surface area contributed by atoms with Crippen molar-refractivity contribution in [2.24, 2.45) is 5.92 Å². The largest absolute Gasteiger partial charge is 0.462 e. The van der Waals surface area contributed by atoms with Crippen molar-refractivity contribution in [1.82, 2.24) is 0 Å². The lowest BCUT2D eigenvalue weighted by atomic mass is 10.4. The van der Waals surface area contributed by atoms with Crippen molar-refractivity contribution >= 4 is 17.6 Å². The van der Waals surface area contributed by atoms with Crippen molar-refractivity contribution < 1.29 is 9.53 Å². The summed E-state index contributed by atoms with van der Waals surface area (Å²) >= 11 is 5.57.